The third kappa shape index (κ3) is 3.98. The van der Waals surface area contributed by atoms with E-state index in [1.54, 1.807) is 11.3 Å². The maximum absolute atomic E-state index is 12.8. The van der Waals surface area contributed by atoms with Crippen LogP contribution in [-0.4, -0.2) is 17.0 Å². The van der Waals surface area contributed by atoms with E-state index in [4.69, 9.17) is 0 Å². The predicted octanol–water partition coefficient (Wildman–Crippen LogP) is 4.58. The van der Waals surface area contributed by atoms with E-state index in [1.807, 2.05) is 17.5 Å². The molecule has 0 radical (unpaired) electrons. The van der Waals surface area contributed by atoms with E-state index < -0.39 is 17.8 Å². The lowest BCUT2D eigenvalue weighted by atomic mass is 9.94. The third-order valence-electron chi connectivity index (χ3n) is 5.22. The monoisotopic (exact) mass is 371 g/mol. The molecule has 0 saturated heterocycles. The number of hydrogen-bond donors (Lipinski definition) is 2. The van der Waals surface area contributed by atoms with Crippen LogP contribution >= 0.6 is 11.3 Å². The molecule has 1 aromatic carbocycles. The average molecular weight is 372 g/mol. The van der Waals surface area contributed by atoms with Crippen molar-refractivity contribution in [1.29, 1.82) is 0 Å². The molecule has 5 heteroatoms. The molecule has 26 heavy (non-hydrogen) atoms. The van der Waals surface area contributed by atoms with Crippen molar-refractivity contribution in [1.82, 2.24) is 5.32 Å². The number of carbonyl (C=O) groups is 2. The zero-order valence-electron chi connectivity index (χ0n) is 15.1. The van der Waals surface area contributed by atoms with Gasteiger partial charge in [0.15, 0.2) is 0 Å². The van der Waals surface area contributed by atoms with E-state index in [1.165, 1.54) is 5.56 Å². The van der Waals surface area contributed by atoms with Crippen molar-refractivity contribution in [3.05, 3.63) is 57.8 Å². The van der Waals surface area contributed by atoms with Crippen molar-refractivity contribution in [2.75, 3.05) is 0 Å². The van der Waals surface area contributed by atoms with Gasteiger partial charge in [0.25, 0.3) is 0 Å². The zero-order valence-corrected chi connectivity index (χ0v) is 16.0. The van der Waals surface area contributed by atoms with Gasteiger partial charge in [-0.3, -0.25) is 9.59 Å². The second-order valence-corrected chi connectivity index (χ2v) is 8.24. The summed E-state index contributed by atoms with van der Waals surface area (Å²) in [6, 6.07) is 12.1. The highest BCUT2D eigenvalue weighted by Crippen LogP contribution is 2.34. The Morgan fingerprint density at radius 1 is 1.08 bits per heavy atom. The molecule has 0 unspecified atom stereocenters. The van der Waals surface area contributed by atoms with E-state index in [2.05, 4.69) is 43.4 Å². The van der Waals surface area contributed by atoms with E-state index >= 15 is 0 Å². The smallest absolute Gasteiger partial charge is 0.307 e. The largest absolute Gasteiger partial charge is 0.481 e. The fourth-order valence-electron chi connectivity index (χ4n) is 3.67. The number of rotatable bonds is 6. The van der Waals surface area contributed by atoms with Crippen molar-refractivity contribution < 1.29 is 14.7 Å². The lowest BCUT2D eigenvalue weighted by Crippen LogP contribution is -2.37. The summed E-state index contributed by atoms with van der Waals surface area (Å²) in [7, 11) is 0. The van der Waals surface area contributed by atoms with E-state index in [9.17, 15) is 14.7 Å². The molecule has 2 aromatic rings. The van der Waals surface area contributed by atoms with Gasteiger partial charge in [0, 0.05) is 4.88 Å². The predicted molar refractivity (Wildman–Crippen MR) is 103 cm³/mol. The standard InChI is InChI=1S/C21H25NO3S/c1-13(2)14-8-10-15(11-9-14)19(18-7-4-12-26-18)22-20(23)16-5-3-6-17(16)21(24)25/h4,7-13,16-17,19H,3,5-6H2,1-2H3,(H,22,23)(H,24,25)/t16-,17+,19-/m1/s1. The highest BCUT2D eigenvalue weighted by molar-refractivity contribution is 7.10. The van der Waals surface area contributed by atoms with Crippen LogP contribution in [0.4, 0.5) is 0 Å². The third-order valence-corrected chi connectivity index (χ3v) is 6.16. The number of nitrogens with one attached hydrogen (secondary N) is 1. The molecule has 0 spiro atoms. The summed E-state index contributed by atoms with van der Waals surface area (Å²) in [6.07, 6.45) is 2.02. The van der Waals surface area contributed by atoms with Crippen LogP contribution in [0.2, 0.25) is 0 Å². The van der Waals surface area contributed by atoms with Crippen LogP contribution in [-0.2, 0) is 9.59 Å². The number of benzene rings is 1. The van der Waals surface area contributed by atoms with Gasteiger partial charge < -0.3 is 10.4 Å². The molecule has 138 valence electrons. The SMILES string of the molecule is CC(C)c1ccc([C@@H](NC(=O)[C@@H]2CCC[C@@H]2C(=O)O)c2cccs2)cc1. The van der Waals surface area contributed by atoms with Crippen LogP contribution in [0, 0.1) is 11.8 Å². The van der Waals surface area contributed by atoms with Crippen LogP contribution in [0.1, 0.15) is 61.1 Å². The topological polar surface area (TPSA) is 66.4 Å². The number of hydrogen-bond acceptors (Lipinski definition) is 3. The minimum atomic E-state index is -0.864. The molecule has 3 atom stereocenters. The van der Waals surface area contributed by atoms with Gasteiger partial charge in [-0.05, 0) is 41.3 Å². The molecule has 1 amide bonds. The molecule has 2 N–H and O–H groups in total. The lowest BCUT2D eigenvalue weighted by molar-refractivity contribution is -0.146. The average Bonchev–Trinajstić information content (AvgIpc) is 3.31. The first-order valence-electron chi connectivity index (χ1n) is 9.13. The van der Waals surface area contributed by atoms with Gasteiger partial charge in [0.05, 0.1) is 17.9 Å². The summed E-state index contributed by atoms with van der Waals surface area (Å²) >= 11 is 1.60. The Labute approximate surface area is 158 Å². The molecule has 1 aromatic heterocycles. The number of carbonyl (C=O) groups excluding carboxylic acids is 1. The molecular weight excluding hydrogens is 346 g/mol. The summed E-state index contributed by atoms with van der Waals surface area (Å²) in [5.41, 5.74) is 2.28. The molecule has 1 aliphatic rings. The van der Waals surface area contributed by atoms with Gasteiger partial charge >= 0.3 is 5.97 Å². The molecule has 1 aliphatic carbocycles. The Hall–Kier alpha value is -2.14. The number of aliphatic carboxylic acids is 1. The van der Waals surface area contributed by atoms with Crippen LogP contribution < -0.4 is 5.32 Å². The van der Waals surface area contributed by atoms with Gasteiger partial charge in [0.1, 0.15) is 0 Å². The van der Waals surface area contributed by atoms with Crippen molar-refractivity contribution in [2.24, 2.45) is 11.8 Å². The second kappa shape index (κ2) is 8.04. The second-order valence-electron chi connectivity index (χ2n) is 7.26. The molecule has 0 bridgehead atoms. The maximum atomic E-state index is 12.8. The van der Waals surface area contributed by atoms with Crippen LogP contribution in [0.25, 0.3) is 0 Å². The van der Waals surface area contributed by atoms with Crippen molar-refractivity contribution in [3.8, 4) is 0 Å². The van der Waals surface area contributed by atoms with Gasteiger partial charge in [-0.1, -0.05) is 50.6 Å². The first-order valence-corrected chi connectivity index (χ1v) is 10.0. The fraction of sp³-hybridized carbons (Fsp3) is 0.429. The van der Waals surface area contributed by atoms with E-state index in [-0.39, 0.29) is 11.9 Å². The highest BCUT2D eigenvalue weighted by Gasteiger charge is 2.38. The lowest BCUT2D eigenvalue weighted by Gasteiger charge is -2.22. The summed E-state index contributed by atoms with van der Waals surface area (Å²) < 4.78 is 0. The maximum Gasteiger partial charge on any atom is 0.307 e. The van der Waals surface area contributed by atoms with Crippen LogP contribution in [0.3, 0.4) is 0 Å². The van der Waals surface area contributed by atoms with E-state index in [0.717, 1.165) is 16.9 Å². The summed E-state index contributed by atoms with van der Waals surface area (Å²) in [6.45, 7) is 4.30. The first kappa shape index (κ1) is 18.6. The molecule has 1 heterocycles. The van der Waals surface area contributed by atoms with Gasteiger partial charge in [0.2, 0.25) is 5.91 Å². The molecule has 1 saturated carbocycles. The normalized spacial score (nSPS) is 20.9. The van der Waals surface area contributed by atoms with Crippen molar-refractivity contribution >= 4 is 23.2 Å². The van der Waals surface area contributed by atoms with Crippen LogP contribution in [0.5, 0.6) is 0 Å². The van der Waals surface area contributed by atoms with Crippen molar-refractivity contribution in [2.45, 2.75) is 45.1 Å². The summed E-state index contributed by atoms with van der Waals surface area (Å²) in [5, 5.41) is 14.5. The Balaban J connectivity index is 1.83. The minimum absolute atomic E-state index is 0.152. The Morgan fingerprint density at radius 3 is 2.31 bits per heavy atom. The Kier molecular flexibility index (Phi) is 5.77. The zero-order chi connectivity index (χ0) is 18.7. The fourth-order valence-corrected chi connectivity index (χ4v) is 4.47. The highest BCUT2D eigenvalue weighted by atomic mass is 32.1. The minimum Gasteiger partial charge on any atom is -0.481 e. The number of carboxylic acid groups (broad SMARTS) is 1. The van der Waals surface area contributed by atoms with E-state index in [0.29, 0.717) is 18.8 Å². The van der Waals surface area contributed by atoms with Gasteiger partial charge in [-0.15, -0.1) is 11.3 Å². The van der Waals surface area contributed by atoms with Crippen molar-refractivity contribution in [3.63, 3.8) is 0 Å². The van der Waals surface area contributed by atoms with Crippen LogP contribution in [0.15, 0.2) is 41.8 Å². The Morgan fingerprint density at radius 2 is 1.73 bits per heavy atom. The summed E-state index contributed by atoms with van der Waals surface area (Å²) in [4.78, 5) is 25.3. The number of thiophene rings is 1. The van der Waals surface area contributed by atoms with Gasteiger partial charge in [-0.2, -0.15) is 0 Å². The quantitative estimate of drug-likeness (QED) is 0.781. The molecule has 3 rings (SSSR count). The molecule has 0 aliphatic heterocycles. The summed E-state index contributed by atoms with van der Waals surface area (Å²) in [5.74, 6) is -1.57. The number of amides is 1. The first-order chi connectivity index (χ1) is 12.5. The number of carboxylic acids is 1. The van der Waals surface area contributed by atoms with Gasteiger partial charge in [-0.25, -0.2) is 0 Å². The molecule has 4 nitrogen and oxygen atoms in total. The molecular formula is C21H25NO3S. The molecule has 1 fully saturated rings. The Bertz CT molecular complexity index is 752.